The van der Waals surface area contributed by atoms with Crippen LogP contribution in [0.15, 0.2) is 34.9 Å². The van der Waals surface area contributed by atoms with E-state index in [1.165, 1.54) is 0 Å². The van der Waals surface area contributed by atoms with Crippen molar-refractivity contribution in [2.24, 2.45) is 5.73 Å². The number of aromatic nitrogens is 1. The molecule has 2 N–H and O–H groups in total. The minimum absolute atomic E-state index is 0. The highest BCUT2D eigenvalue weighted by Gasteiger charge is 2.07. The van der Waals surface area contributed by atoms with Crippen LogP contribution in [0.2, 0.25) is 0 Å². The summed E-state index contributed by atoms with van der Waals surface area (Å²) in [5, 5.41) is 0. The molecule has 0 saturated heterocycles. The van der Waals surface area contributed by atoms with E-state index in [0.29, 0.717) is 11.5 Å². The lowest BCUT2D eigenvalue weighted by atomic mass is 10.1. The number of benzene rings is 1. The Morgan fingerprint density at radius 2 is 2.19 bits per heavy atom. The van der Waals surface area contributed by atoms with E-state index < -0.39 is 5.91 Å². The summed E-state index contributed by atoms with van der Waals surface area (Å²) >= 11 is 0. The number of aryl methyl sites for hydroxylation is 1. The zero-order chi connectivity index (χ0) is 10.8. The summed E-state index contributed by atoms with van der Waals surface area (Å²) < 4.78 is 5.22. The van der Waals surface area contributed by atoms with E-state index in [0.717, 1.165) is 11.3 Å². The molecule has 0 atom stereocenters. The van der Waals surface area contributed by atoms with Crippen LogP contribution < -0.4 is 5.73 Å². The van der Waals surface area contributed by atoms with Gasteiger partial charge in [0.05, 0.1) is 5.69 Å². The summed E-state index contributed by atoms with van der Waals surface area (Å²) in [5.41, 5.74) is 7.17. The zero-order valence-corrected chi connectivity index (χ0v) is 9.45. The fraction of sp³-hybridized carbons (Fsp3) is 0.0909. The van der Waals surface area contributed by atoms with Crippen molar-refractivity contribution in [3.05, 3.63) is 41.8 Å². The van der Waals surface area contributed by atoms with Crippen LogP contribution >= 0.6 is 12.4 Å². The van der Waals surface area contributed by atoms with Crippen LogP contribution in [0.1, 0.15) is 16.1 Å². The molecule has 0 saturated carbocycles. The highest BCUT2D eigenvalue weighted by molar-refractivity contribution is 5.93. The van der Waals surface area contributed by atoms with Gasteiger partial charge < -0.3 is 10.2 Å². The summed E-state index contributed by atoms with van der Waals surface area (Å²) in [4.78, 5) is 15.1. The Labute approximate surface area is 98.9 Å². The van der Waals surface area contributed by atoms with E-state index in [-0.39, 0.29) is 12.4 Å². The second-order valence-electron chi connectivity index (χ2n) is 3.24. The normalized spacial score (nSPS) is 9.56. The van der Waals surface area contributed by atoms with Crippen molar-refractivity contribution in [1.29, 1.82) is 0 Å². The van der Waals surface area contributed by atoms with Crippen molar-refractivity contribution in [1.82, 2.24) is 4.98 Å². The first kappa shape index (κ1) is 12.3. The third-order valence-corrected chi connectivity index (χ3v) is 2.01. The summed E-state index contributed by atoms with van der Waals surface area (Å²) in [6, 6.07) is 6.88. The standard InChI is InChI=1S/C11H10N2O2.ClH/c1-7-6-15-11(13-7)9-4-2-3-8(5-9)10(12)14;/h2-6H,1H3,(H2,12,14);1H. The van der Waals surface area contributed by atoms with Crippen LogP contribution in [-0.2, 0) is 0 Å². The second kappa shape index (κ2) is 4.81. The molecule has 0 radical (unpaired) electrons. The Kier molecular flexibility index (Phi) is 3.68. The number of rotatable bonds is 2. The molecule has 1 heterocycles. The number of primary amides is 1. The third kappa shape index (κ3) is 2.41. The topological polar surface area (TPSA) is 69.1 Å². The minimum Gasteiger partial charge on any atom is -0.444 e. The first-order valence-corrected chi connectivity index (χ1v) is 4.49. The highest BCUT2D eigenvalue weighted by Crippen LogP contribution is 2.19. The van der Waals surface area contributed by atoms with Gasteiger partial charge in [-0.25, -0.2) is 4.98 Å². The second-order valence-corrected chi connectivity index (χ2v) is 3.24. The van der Waals surface area contributed by atoms with Gasteiger partial charge in [-0.15, -0.1) is 12.4 Å². The highest BCUT2D eigenvalue weighted by atomic mass is 35.5. The summed E-state index contributed by atoms with van der Waals surface area (Å²) in [6.45, 7) is 1.84. The van der Waals surface area contributed by atoms with Crippen LogP contribution in [0.25, 0.3) is 11.5 Å². The molecular formula is C11H11ClN2O2. The van der Waals surface area contributed by atoms with Gasteiger partial charge in [-0.2, -0.15) is 0 Å². The lowest BCUT2D eigenvalue weighted by molar-refractivity contribution is 0.100. The maximum atomic E-state index is 11.0. The van der Waals surface area contributed by atoms with Gasteiger partial charge >= 0.3 is 0 Å². The number of hydrogen-bond acceptors (Lipinski definition) is 3. The van der Waals surface area contributed by atoms with Gasteiger partial charge in [-0.1, -0.05) is 6.07 Å². The van der Waals surface area contributed by atoms with E-state index >= 15 is 0 Å². The molecule has 2 aromatic rings. The predicted octanol–water partition coefficient (Wildman–Crippen LogP) is 2.17. The van der Waals surface area contributed by atoms with Gasteiger partial charge in [-0.3, -0.25) is 4.79 Å². The van der Waals surface area contributed by atoms with Gasteiger partial charge in [0.25, 0.3) is 0 Å². The SMILES string of the molecule is Cc1coc(-c2cccc(C(N)=O)c2)n1.Cl. The number of nitrogens with two attached hydrogens (primary N) is 1. The molecule has 1 amide bonds. The van der Waals surface area contributed by atoms with Gasteiger partial charge in [0.1, 0.15) is 6.26 Å². The Bertz CT molecular complexity index is 508. The lowest BCUT2D eigenvalue weighted by Crippen LogP contribution is -2.10. The van der Waals surface area contributed by atoms with E-state index in [2.05, 4.69) is 4.98 Å². The molecule has 1 aromatic carbocycles. The maximum absolute atomic E-state index is 11.0. The number of carbonyl (C=O) groups is 1. The predicted molar refractivity (Wildman–Crippen MR) is 62.4 cm³/mol. The Balaban J connectivity index is 0.00000128. The fourth-order valence-corrected chi connectivity index (χ4v) is 1.29. The molecule has 1 aromatic heterocycles. The average Bonchev–Trinajstić information content (AvgIpc) is 2.65. The molecule has 0 aliphatic heterocycles. The van der Waals surface area contributed by atoms with Crippen LogP contribution in [0.5, 0.6) is 0 Å². The van der Waals surface area contributed by atoms with Crippen molar-refractivity contribution in [3.8, 4) is 11.5 Å². The molecule has 0 fully saturated rings. The van der Waals surface area contributed by atoms with Gasteiger partial charge in [-0.05, 0) is 25.1 Å². The molecule has 2 rings (SSSR count). The van der Waals surface area contributed by atoms with Crippen LogP contribution in [0.3, 0.4) is 0 Å². The molecule has 4 nitrogen and oxygen atoms in total. The van der Waals surface area contributed by atoms with E-state index in [4.69, 9.17) is 10.2 Å². The minimum atomic E-state index is -0.458. The largest absolute Gasteiger partial charge is 0.444 e. The van der Waals surface area contributed by atoms with Crippen molar-refractivity contribution in [3.63, 3.8) is 0 Å². The quantitative estimate of drug-likeness (QED) is 0.872. The van der Waals surface area contributed by atoms with E-state index in [1.54, 1.807) is 24.5 Å². The number of nitrogens with zero attached hydrogens (tertiary/aromatic N) is 1. The van der Waals surface area contributed by atoms with Gasteiger partial charge in [0.15, 0.2) is 0 Å². The fourth-order valence-electron chi connectivity index (χ4n) is 1.29. The zero-order valence-electron chi connectivity index (χ0n) is 8.64. The Morgan fingerprint density at radius 3 is 2.75 bits per heavy atom. The number of hydrogen-bond donors (Lipinski definition) is 1. The molecular weight excluding hydrogens is 228 g/mol. The third-order valence-electron chi connectivity index (χ3n) is 2.01. The smallest absolute Gasteiger partial charge is 0.248 e. The average molecular weight is 239 g/mol. The van der Waals surface area contributed by atoms with E-state index in [1.807, 2.05) is 13.0 Å². The van der Waals surface area contributed by atoms with E-state index in [9.17, 15) is 4.79 Å². The number of oxazole rings is 1. The van der Waals surface area contributed by atoms with Gasteiger partial charge in [0, 0.05) is 11.1 Å². The Morgan fingerprint density at radius 1 is 1.44 bits per heavy atom. The first-order chi connectivity index (χ1) is 7.16. The lowest BCUT2D eigenvalue weighted by Gasteiger charge is -1.97. The molecule has 84 valence electrons. The first-order valence-electron chi connectivity index (χ1n) is 4.49. The van der Waals surface area contributed by atoms with Gasteiger partial charge in [0.2, 0.25) is 11.8 Å². The van der Waals surface area contributed by atoms with Crippen molar-refractivity contribution in [2.45, 2.75) is 6.92 Å². The van der Waals surface area contributed by atoms with Crippen molar-refractivity contribution in [2.75, 3.05) is 0 Å². The molecule has 0 aliphatic carbocycles. The molecule has 16 heavy (non-hydrogen) atoms. The van der Waals surface area contributed by atoms with Crippen molar-refractivity contribution < 1.29 is 9.21 Å². The number of halogens is 1. The Hall–Kier alpha value is -1.81. The van der Waals surface area contributed by atoms with Crippen LogP contribution in [0.4, 0.5) is 0 Å². The number of carbonyl (C=O) groups excluding carboxylic acids is 1. The van der Waals surface area contributed by atoms with Crippen molar-refractivity contribution >= 4 is 18.3 Å². The summed E-state index contributed by atoms with van der Waals surface area (Å²) in [5.74, 6) is 0.0377. The van der Waals surface area contributed by atoms with Crippen LogP contribution in [-0.4, -0.2) is 10.9 Å². The number of amides is 1. The van der Waals surface area contributed by atoms with Crippen LogP contribution in [0, 0.1) is 6.92 Å². The summed E-state index contributed by atoms with van der Waals surface area (Å²) in [6.07, 6.45) is 1.56. The maximum Gasteiger partial charge on any atom is 0.248 e. The monoisotopic (exact) mass is 238 g/mol. The molecule has 0 unspecified atom stereocenters. The molecule has 5 heteroatoms. The summed E-state index contributed by atoms with van der Waals surface area (Å²) in [7, 11) is 0. The molecule has 0 bridgehead atoms. The molecule has 0 aliphatic rings. The molecule has 0 spiro atoms.